The fourth-order valence-electron chi connectivity index (χ4n) is 4.66. The van der Waals surface area contributed by atoms with E-state index in [1.54, 1.807) is 24.1 Å². The van der Waals surface area contributed by atoms with Crippen LogP contribution in [0.1, 0.15) is 115 Å². The molecule has 0 aliphatic carbocycles. The van der Waals surface area contributed by atoms with Crippen LogP contribution in [0.5, 0.6) is 0 Å². The molecular weight excluding hydrogens is 689 g/mol. The first-order chi connectivity index (χ1) is 19.5. The van der Waals surface area contributed by atoms with Crippen molar-refractivity contribution in [1.29, 1.82) is 0 Å². The summed E-state index contributed by atoms with van der Waals surface area (Å²) in [5.41, 5.74) is 3.10. The number of carbonyl (C=O) groups excluding carboxylic acids is 2. The molecule has 1 aliphatic heterocycles. The van der Waals surface area contributed by atoms with Gasteiger partial charge in [0.05, 0.1) is 23.9 Å². The molecule has 1 amide bonds. The summed E-state index contributed by atoms with van der Waals surface area (Å²) in [7, 11) is 1.79. The largest absolute Gasteiger partial charge is 0.512 e. The number of rotatable bonds is 16. The Balaban J connectivity index is 0.000000401. The topological polar surface area (TPSA) is 74.3 Å². The number of ketones is 1. The van der Waals surface area contributed by atoms with Crippen LogP contribution in [0.2, 0.25) is 0 Å². The van der Waals surface area contributed by atoms with Crippen LogP contribution in [-0.4, -0.2) is 39.3 Å². The number of para-hydroxylation sites is 1. The number of hydrogen-bond donors (Lipinski definition) is 1. The molecule has 0 unspecified atom stereocenters. The molecule has 227 valence electrons. The second-order valence-corrected chi connectivity index (χ2v) is 10.7. The van der Waals surface area contributed by atoms with Crippen LogP contribution in [0, 0.1) is 6.07 Å². The van der Waals surface area contributed by atoms with Gasteiger partial charge in [0.2, 0.25) is 5.91 Å². The van der Waals surface area contributed by atoms with E-state index in [0.29, 0.717) is 36.6 Å². The molecule has 0 fully saturated rings. The van der Waals surface area contributed by atoms with Gasteiger partial charge in [-0.3, -0.25) is 14.6 Å². The Morgan fingerprint density at radius 3 is 2.12 bits per heavy atom. The van der Waals surface area contributed by atoms with Gasteiger partial charge in [-0.15, -0.1) is 35.9 Å². The number of nitrogens with zero attached hydrogens (tertiary/aromatic N) is 2. The van der Waals surface area contributed by atoms with Gasteiger partial charge in [0, 0.05) is 40.1 Å². The summed E-state index contributed by atoms with van der Waals surface area (Å²) in [6, 6.07) is 18.3. The molecule has 0 aromatic heterocycles. The summed E-state index contributed by atoms with van der Waals surface area (Å²) in [5, 5.41) is 9.78. The maximum absolute atomic E-state index is 12.4. The Hall–Kier alpha value is -2.56. The number of allylic oxidation sites excluding steroid dienone is 2. The molecule has 6 heteroatoms. The Morgan fingerprint density at radius 1 is 0.902 bits per heavy atom. The van der Waals surface area contributed by atoms with Gasteiger partial charge in [-0.1, -0.05) is 96.3 Å². The zero-order valence-corrected chi connectivity index (χ0v) is 27.7. The van der Waals surface area contributed by atoms with Crippen molar-refractivity contribution in [3.63, 3.8) is 0 Å². The summed E-state index contributed by atoms with van der Waals surface area (Å²) in [5.74, 6) is 0.613. The maximum atomic E-state index is 12.4. The van der Waals surface area contributed by atoms with Crippen LogP contribution >= 0.6 is 0 Å². The number of carbonyl (C=O) groups is 1. The standard InChI is InChI=1S/C19H36O2.C16H13N2O.Ir/c1-3-5-7-9-11-13-15-18(20)17-19(21)16-14-12-10-8-6-4-2;1-18-11-13-9-5-6-10-14(13)17-15(16(18)19)12-7-3-2-4-8-12;/h17,20H,3-16H2,1-2H3;2-7,9-10H,11H2,1H3;/q;-1;/p+1/b18-17-;;. The van der Waals surface area contributed by atoms with Gasteiger partial charge in [-0.2, -0.15) is 0 Å². The van der Waals surface area contributed by atoms with Gasteiger partial charge < -0.3 is 10.0 Å². The predicted molar refractivity (Wildman–Crippen MR) is 168 cm³/mol. The van der Waals surface area contributed by atoms with Crippen molar-refractivity contribution in [2.45, 2.75) is 110 Å². The Labute approximate surface area is 261 Å². The number of amides is 1. The van der Waals surface area contributed by atoms with Crippen LogP contribution in [-0.2, 0) is 31.4 Å². The van der Waals surface area contributed by atoms with Gasteiger partial charge in [-0.05, 0) is 24.5 Å². The second kappa shape index (κ2) is 22.1. The summed E-state index contributed by atoms with van der Waals surface area (Å²) < 4.78 is 0. The zero-order valence-electron chi connectivity index (χ0n) is 25.3. The number of fused-ring (bicyclic) bond motifs is 1. The van der Waals surface area contributed by atoms with Gasteiger partial charge in [-0.25, -0.2) is 0 Å². The average Bonchev–Trinajstić information content (AvgIpc) is 3.09. The third kappa shape index (κ3) is 14.8. The van der Waals surface area contributed by atoms with Crippen molar-refractivity contribution >= 4 is 23.1 Å². The summed E-state index contributed by atoms with van der Waals surface area (Å²) >= 11 is 0. The Bertz CT molecular complexity index is 1080. The van der Waals surface area contributed by atoms with E-state index in [4.69, 9.17) is 0 Å². The molecule has 2 N–H and O–H groups in total. The SMILES string of the molecule is CCCCCCCCC(=[OH+])/C=C(\O)CCCCCCCC.CN1Cc2ccccc2N=C(c2[c-]cccc2)C1=O.[Ir]. The number of likely N-dealkylation sites (N-methyl/N-ethyl adjacent to an activating group) is 1. The first kappa shape index (κ1) is 36.5. The first-order valence-electron chi connectivity index (χ1n) is 15.3. The molecule has 2 aromatic rings. The van der Waals surface area contributed by atoms with E-state index in [1.807, 2.05) is 42.5 Å². The first-order valence-corrected chi connectivity index (χ1v) is 15.3. The number of aliphatic imine (C=N–C) groups is 1. The molecule has 3 rings (SSSR count). The average molecular weight is 739 g/mol. The molecular formula is C35H50IrN2O3. The van der Waals surface area contributed by atoms with Crippen molar-refractivity contribution < 1.29 is 34.8 Å². The molecule has 1 aliphatic rings. The second-order valence-electron chi connectivity index (χ2n) is 10.7. The molecule has 0 spiro atoms. The van der Waals surface area contributed by atoms with Crippen molar-refractivity contribution in [3.8, 4) is 0 Å². The van der Waals surface area contributed by atoms with Gasteiger partial charge >= 0.3 is 5.78 Å². The molecule has 41 heavy (non-hydrogen) atoms. The third-order valence-corrected chi connectivity index (χ3v) is 7.05. The van der Waals surface area contributed by atoms with Gasteiger partial charge in [0.15, 0.2) is 0 Å². The molecule has 0 saturated carbocycles. The molecule has 5 nitrogen and oxygen atoms in total. The van der Waals surface area contributed by atoms with E-state index in [0.717, 1.165) is 29.7 Å². The quantitative estimate of drug-likeness (QED) is 0.0614. The minimum absolute atomic E-state index is 0. The number of benzene rings is 2. The minimum atomic E-state index is -0.0707. The molecule has 0 atom stereocenters. The van der Waals surface area contributed by atoms with E-state index < -0.39 is 0 Å². The number of unbranched alkanes of at least 4 members (excludes halogenated alkanes) is 10. The summed E-state index contributed by atoms with van der Waals surface area (Å²) in [4.78, 5) is 28.4. The van der Waals surface area contributed by atoms with Crippen LogP contribution in [0.4, 0.5) is 5.69 Å². The summed E-state index contributed by atoms with van der Waals surface area (Å²) in [6.45, 7) is 5.02. The zero-order chi connectivity index (χ0) is 29.0. The van der Waals surface area contributed by atoms with E-state index in [-0.39, 0.29) is 26.0 Å². The maximum Gasteiger partial charge on any atom is 0.319 e. The van der Waals surface area contributed by atoms with E-state index in [2.05, 4.69) is 24.9 Å². The van der Waals surface area contributed by atoms with Crippen LogP contribution < -0.4 is 0 Å². The normalized spacial score (nSPS) is 12.9. The van der Waals surface area contributed by atoms with Gasteiger partial charge in [0.1, 0.15) is 5.76 Å². The number of aliphatic hydroxyl groups is 1. The number of aliphatic hydroxyl groups excluding tert-OH is 1. The van der Waals surface area contributed by atoms with Gasteiger partial charge in [0.25, 0.3) is 0 Å². The Kier molecular flexibility index (Phi) is 19.6. The third-order valence-electron chi connectivity index (χ3n) is 7.05. The fourth-order valence-corrected chi connectivity index (χ4v) is 4.66. The Morgan fingerprint density at radius 2 is 1.49 bits per heavy atom. The smallest absolute Gasteiger partial charge is 0.319 e. The predicted octanol–water partition coefficient (Wildman–Crippen LogP) is 9.05. The monoisotopic (exact) mass is 739 g/mol. The van der Waals surface area contributed by atoms with Crippen molar-refractivity contribution in [1.82, 2.24) is 4.90 Å². The van der Waals surface area contributed by atoms with Crippen LogP contribution in [0.15, 0.2) is 65.4 Å². The summed E-state index contributed by atoms with van der Waals surface area (Å²) in [6.07, 6.45) is 17.7. The molecule has 1 radical (unpaired) electrons. The van der Waals surface area contributed by atoms with E-state index in [9.17, 15) is 14.7 Å². The van der Waals surface area contributed by atoms with E-state index >= 15 is 0 Å². The minimum Gasteiger partial charge on any atom is -0.512 e. The van der Waals surface area contributed by atoms with Crippen LogP contribution in [0.25, 0.3) is 0 Å². The van der Waals surface area contributed by atoms with E-state index in [1.165, 1.54) is 64.2 Å². The number of hydrogen-bond acceptors (Lipinski definition) is 3. The van der Waals surface area contributed by atoms with Crippen molar-refractivity contribution in [2.24, 2.45) is 4.99 Å². The molecule has 2 aromatic carbocycles. The molecule has 1 heterocycles. The molecule has 0 bridgehead atoms. The molecule has 0 saturated heterocycles. The van der Waals surface area contributed by atoms with Crippen molar-refractivity contribution in [2.75, 3.05) is 7.05 Å². The van der Waals surface area contributed by atoms with Crippen molar-refractivity contribution in [3.05, 3.63) is 77.6 Å². The fraction of sp³-hybridized carbons (Fsp3) is 0.514. The van der Waals surface area contributed by atoms with Crippen LogP contribution in [0.3, 0.4) is 0 Å².